The Hall–Kier alpha value is -4.76. The van der Waals surface area contributed by atoms with Gasteiger partial charge in [-0.1, -0.05) is 59.9 Å². The van der Waals surface area contributed by atoms with Crippen LogP contribution in [0.1, 0.15) is 56.1 Å². The number of hydrogen-bond donors (Lipinski definition) is 0. The van der Waals surface area contributed by atoms with E-state index in [-0.39, 0.29) is 17.5 Å². The van der Waals surface area contributed by atoms with Gasteiger partial charge in [0.05, 0.1) is 41.1 Å². The maximum absolute atomic E-state index is 14.7. The first-order valence-corrected chi connectivity index (χ1v) is 15.8. The number of rotatable bonds is 8. The lowest BCUT2D eigenvalue weighted by Gasteiger charge is -2.25. The second-order valence-corrected chi connectivity index (χ2v) is 12.2. The van der Waals surface area contributed by atoms with Crippen LogP contribution >= 0.6 is 11.3 Å². The molecule has 6 rings (SSSR count). The molecule has 230 valence electrons. The number of thiazole rings is 1. The van der Waals surface area contributed by atoms with Crippen LogP contribution in [-0.4, -0.2) is 27.8 Å². The van der Waals surface area contributed by atoms with Crippen LogP contribution in [0.3, 0.4) is 0 Å². The maximum Gasteiger partial charge on any atom is 0.338 e. The van der Waals surface area contributed by atoms with Gasteiger partial charge >= 0.3 is 5.97 Å². The lowest BCUT2D eigenvalue weighted by atomic mass is 9.96. The average Bonchev–Trinajstić information content (AvgIpc) is 3.46. The van der Waals surface area contributed by atoms with Gasteiger partial charge in [0, 0.05) is 27.7 Å². The Morgan fingerprint density at radius 3 is 2.47 bits per heavy atom. The Morgan fingerprint density at radius 1 is 1.04 bits per heavy atom. The summed E-state index contributed by atoms with van der Waals surface area (Å²) in [6, 6.07) is 21.4. The molecule has 0 aliphatic carbocycles. The van der Waals surface area contributed by atoms with Crippen LogP contribution in [0.5, 0.6) is 5.75 Å². The van der Waals surface area contributed by atoms with Gasteiger partial charge in [-0.15, -0.1) is 0 Å². The number of carbonyl (C=O) groups excluding carboxylic acids is 1. The average molecular weight is 624 g/mol. The van der Waals surface area contributed by atoms with E-state index in [0.717, 1.165) is 27.7 Å². The maximum atomic E-state index is 14.7. The van der Waals surface area contributed by atoms with Crippen molar-refractivity contribution in [3.8, 4) is 5.75 Å². The summed E-state index contributed by atoms with van der Waals surface area (Å²) in [5.41, 5.74) is 4.62. The van der Waals surface area contributed by atoms with Crippen LogP contribution < -0.4 is 19.6 Å². The number of ether oxygens (including phenoxy) is 2. The van der Waals surface area contributed by atoms with Crippen LogP contribution in [0.15, 0.2) is 93.9 Å². The Morgan fingerprint density at radius 2 is 1.76 bits per heavy atom. The Labute approximate surface area is 264 Å². The summed E-state index contributed by atoms with van der Waals surface area (Å²) in [5.74, 6) is -0.0737. The zero-order valence-corrected chi connectivity index (χ0v) is 26.7. The first-order valence-electron chi connectivity index (χ1n) is 15.0. The number of benzene rings is 3. The standard InChI is InChI=1S/C36H34FN3O4S/c1-6-43-26-17-15-24(16-18-26)33-32(35(42)44-21(2)3)22(4)38-36-40(33)34(41)31(45-36)19-28-23(5)39(30-14-10-8-12-27(28)30)20-25-11-7-9-13-29(25)37/h7-19,21,33H,6,20H2,1-5H3/b31-19+/t33-/m0/s1. The van der Waals surface area contributed by atoms with Crippen molar-refractivity contribution in [2.24, 2.45) is 4.99 Å². The van der Waals surface area contributed by atoms with Crippen molar-refractivity contribution < 1.29 is 18.7 Å². The number of fused-ring (bicyclic) bond motifs is 2. The summed E-state index contributed by atoms with van der Waals surface area (Å²) in [6.45, 7) is 10.1. The molecular formula is C36H34FN3O4S. The van der Waals surface area contributed by atoms with Gasteiger partial charge in [-0.25, -0.2) is 14.2 Å². The van der Waals surface area contributed by atoms with Crippen LogP contribution in [0.25, 0.3) is 17.0 Å². The highest BCUT2D eigenvalue weighted by Crippen LogP contribution is 2.32. The summed E-state index contributed by atoms with van der Waals surface area (Å²) < 4.78 is 30.1. The molecule has 0 saturated heterocycles. The molecule has 0 unspecified atom stereocenters. The minimum Gasteiger partial charge on any atom is -0.494 e. The monoisotopic (exact) mass is 623 g/mol. The van der Waals surface area contributed by atoms with E-state index in [1.807, 2.05) is 74.5 Å². The van der Waals surface area contributed by atoms with Gasteiger partial charge < -0.3 is 14.0 Å². The fourth-order valence-electron chi connectivity index (χ4n) is 5.86. The second kappa shape index (κ2) is 12.3. The highest BCUT2D eigenvalue weighted by molar-refractivity contribution is 7.07. The fourth-order valence-corrected chi connectivity index (χ4v) is 6.89. The van der Waals surface area contributed by atoms with Gasteiger partial charge in [0.1, 0.15) is 11.6 Å². The smallest absolute Gasteiger partial charge is 0.338 e. The molecule has 0 amide bonds. The molecular weight excluding hydrogens is 589 g/mol. The summed E-state index contributed by atoms with van der Waals surface area (Å²) in [6.07, 6.45) is 1.55. The van der Waals surface area contributed by atoms with Crippen molar-refractivity contribution in [2.75, 3.05) is 6.61 Å². The SMILES string of the molecule is CCOc1ccc([C@H]2C(C(=O)OC(C)C)=C(C)N=c3s/c(=C/c4c(C)n(Cc5ccccc5F)c5ccccc45)c(=O)n32)cc1. The first-order chi connectivity index (χ1) is 21.7. The molecule has 0 saturated carbocycles. The molecule has 0 fully saturated rings. The van der Waals surface area contributed by atoms with Gasteiger partial charge in [-0.05, 0) is 70.5 Å². The van der Waals surface area contributed by atoms with E-state index >= 15 is 0 Å². The number of hydrogen-bond acceptors (Lipinski definition) is 6. The predicted octanol–water partition coefficient (Wildman–Crippen LogP) is 6.04. The minimum absolute atomic E-state index is 0.259. The molecule has 5 aromatic rings. The van der Waals surface area contributed by atoms with Crippen LogP contribution in [-0.2, 0) is 16.1 Å². The Bertz CT molecular complexity index is 2140. The van der Waals surface area contributed by atoms with Crippen molar-refractivity contribution in [3.05, 3.63) is 132 Å². The Kier molecular flexibility index (Phi) is 8.29. The molecule has 0 N–H and O–H groups in total. The highest BCUT2D eigenvalue weighted by atomic mass is 32.1. The highest BCUT2D eigenvalue weighted by Gasteiger charge is 2.34. The quantitative estimate of drug-likeness (QED) is 0.198. The third-order valence-electron chi connectivity index (χ3n) is 7.93. The largest absolute Gasteiger partial charge is 0.494 e. The molecule has 0 spiro atoms. The number of carbonyl (C=O) groups is 1. The van der Waals surface area contributed by atoms with Crippen molar-refractivity contribution in [2.45, 2.75) is 53.3 Å². The third kappa shape index (κ3) is 5.64. The van der Waals surface area contributed by atoms with E-state index in [1.54, 1.807) is 37.5 Å². The van der Waals surface area contributed by atoms with E-state index in [9.17, 15) is 14.0 Å². The molecule has 2 aromatic heterocycles. The zero-order chi connectivity index (χ0) is 31.8. The molecule has 1 aliphatic rings. The molecule has 0 bridgehead atoms. The van der Waals surface area contributed by atoms with E-state index in [2.05, 4.69) is 4.57 Å². The van der Waals surface area contributed by atoms with Gasteiger partial charge in [-0.2, -0.15) is 0 Å². The molecule has 7 nitrogen and oxygen atoms in total. The predicted molar refractivity (Wildman–Crippen MR) is 175 cm³/mol. The van der Waals surface area contributed by atoms with Crippen molar-refractivity contribution in [3.63, 3.8) is 0 Å². The van der Waals surface area contributed by atoms with Crippen LogP contribution in [0, 0.1) is 12.7 Å². The number of allylic oxidation sites excluding steroid dienone is 1. The second-order valence-electron chi connectivity index (χ2n) is 11.2. The molecule has 1 aliphatic heterocycles. The van der Waals surface area contributed by atoms with Gasteiger partial charge in [0.15, 0.2) is 4.80 Å². The molecule has 45 heavy (non-hydrogen) atoms. The van der Waals surface area contributed by atoms with E-state index in [1.165, 1.54) is 17.4 Å². The summed E-state index contributed by atoms with van der Waals surface area (Å²) in [7, 11) is 0. The fraction of sp³-hybridized carbons (Fsp3) is 0.250. The molecule has 1 atom stereocenters. The van der Waals surface area contributed by atoms with E-state index in [0.29, 0.717) is 45.1 Å². The van der Waals surface area contributed by atoms with Crippen molar-refractivity contribution >= 4 is 34.3 Å². The number of aromatic nitrogens is 2. The van der Waals surface area contributed by atoms with Crippen LogP contribution in [0.4, 0.5) is 4.39 Å². The molecule has 0 radical (unpaired) electrons. The van der Waals surface area contributed by atoms with Gasteiger partial charge in [-0.3, -0.25) is 9.36 Å². The molecule has 3 aromatic carbocycles. The Balaban J connectivity index is 1.53. The topological polar surface area (TPSA) is 74.8 Å². The first kappa shape index (κ1) is 30.3. The number of halogens is 1. The van der Waals surface area contributed by atoms with Gasteiger partial charge in [0.25, 0.3) is 5.56 Å². The van der Waals surface area contributed by atoms with Crippen molar-refractivity contribution in [1.29, 1.82) is 0 Å². The van der Waals surface area contributed by atoms with Crippen molar-refractivity contribution in [1.82, 2.24) is 9.13 Å². The molecule has 9 heteroatoms. The summed E-state index contributed by atoms with van der Waals surface area (Å²) in [5, 5.41) is 0.956. The third-order valence-corrected chi connectivity index (χ3v) is 8.92. The summed E-state index contributed by atoms with van der Waals surface area (Å²) in [4.78, 5) is 33.0. The van der Waals surface area contributed by atoms with Crippen LogP contribution in [0.2, 0.25) is 0 Å². The van der Waals surface area contributed by atoms with E-state index < -0.39 is 12.0 Å². The summed E-state index contributed by atoms with van der Waals surface area (Å²) >= 11 is 1.28. The number of nitrogens with zero attached hydrogens (tertiary/aromatic N) is 3. The molecule has 3 heterocycles. The number of esters is 1. The zero-order valence-electron chi connectivity index (χ0n) is 25.8. The lowest BCUT2D eigenvalue weighted by Crippen LogP contribution is -2.40. The number of para-hydroxylation sites is 1. The van der Waals surface area contributed by atoms with E-state index in [4.69, 9.17) is 14.5 Å². The lowest BCUT2D eigenvalue weighted by molar-refractivity contribution is -0.143. The van der Waals surface area contributed by atoms with Gasteiger partial charge in [0.2, 0.25) is 0 Å². The minimum atomic E-state index is -0.728. The normalized spacial score (nSPS) is 15.0.